The van der Waals surface area contributed by atoms with Crippen molar-refractivity contribution >= 4 is 16.5 Å². The highest BCUT2D eigenvalue weighted by Crippen LogP contribution is 2.27. The van der Waals surface area contributed by atoms with Crippen LogP contribution in [-0.2, 0) is 15.9 Å². The number of benzene rings is 1. The second kappa shape index (κ2) is 6.95. The Morgan fingerprint density at radius 2 is 1.96 bits per heavy atom. The van der Waals surface area contributed by atoms with Crippen LogP contribution in [0.2, 0.25) is 0 Å². The van der Waals surface area contributed by atoms with E-state index in [1.54, 1.807) is 11.3 Å². The van der Waals surface area contributed by atoms with Crippen LogP contribution in [0.15, 0.2) is 30.3 Å². The molecule has 0 unspecified atom stereocenters. The lowest BCUT2D eigenvalue weighted by Crippen LogP contribution is -2.47. The molecule has 4 rings (SSSR count). The molecule has 0 saturated carbocycles. The lowest BCUT2D eigenvalue weighted by atomic mass is 10.1. The molecule has 2 atom stereocenters. The van der Waals surface area contributed by atoms with Gasteiger partial charge in [-0.2, -0.15) is 0 Å². The van der Waals surface area contributed by atoms with E-state index in [0.29, 0.717) is 0 Å². The summed E-state index contributed by atoms with van der Waals surface area (Å²) in [5.74, 6) is 0. The Bertz CT molecular complexity index is 628. The van der Waals surface area contributed by atoms with Crippen molar-refractivity contribution in [1.82, 2.24) is 10.2 Å². The maximum Gasteiger partial charge on any atom is 0.208 e. The van der Waals surface area contributed by atoms with Crippen LogP contribution < -0.4 is 4.90 Å². The summed E-state index contributed by atoms with van der Waals surface area (Å²) >= 11 is 1.69. The molecule has 5 nitrogen and oxygen atoms in total. The molecule has 2 aliphatic rings. The number of morpholine rings is 1. The van der Waals surface area contributed by atoms with Crippen molar-refractivity contribution < 1.29 is 9.47 Å². The van der Waals surface area contributed by atoms with Gasteiger partial charge in [-0.25, -0.2) is 0 Å². The highest BCUT2D eigenvalue weighted by atomic mass is 32.1. The van der Waals surface area contributed by atoms with Crippen molar-refractivity contribution in [3.63, 3.8) is 0 Å². The largest absolute Gasteiger partial charge is 0.375 e. The van der Waals surface area contributed by atoms with Crippen LogP contribution >= 0.6 is 11.3 Å². The first-order chi connectivity index (χ1) is 11.4. The molecule has 0 bridgehead atoms. The Hall–Kier alpha value is -1.50. The van der Waals surface area contributed by atoms with Crippen LogP contribution in [0.4, 0.5) is 5.13 Å². The van der Waals surface area contributed by atoms with Crippen molar-refractivity contribution in [2.45, 2.75) is 31.5 Å². The fourth-order valence-corrected chi connectivity index (χ4v) is 4.09. The molecule has 0 aliphatic carbocycles. The maximum absolute atomic E-state index is 5.91. The van der Waals surface area contributed by atoms with Crippen molar-refractivity contribution in [3.05, 3.63) is 40.9 Å². The molecule has 1 aromatic heterocycles. The second-order valence-electron chi connectivity index (χ2n) is 6.05. The quantitative estimate of drug-likeness (QED) is 0.861. The van der Waals surface area contributed by atoms with Crippen LogP contribution in [-0.4, -0.2) is 48.7 Å². The van der Waals surface area contributed by atoms with Crippen molar-refractivity contribution in [2.75, 3.05) is 31.2 Å². The van der Waals surface area contributed by atoms with E-state index < -0.39 is 0 Å². The molecule has 2 saturated heterocycles. The highest BCUT2D eigenvalue weighted by Gasteiger charge is 2.32. The van der Waals surface area contributed by atoms with Gasteiger partial charge < -0.3 is 14.4 Å². The summed E-state index contributed by atoms with van der Waals surface area (Å²) in [4.78, 5) is 2.29. The van der Waals surface area contributed by atoms with Gasteiger partial charge in [0.2, 0.25) is 5.13 Å². The van der Waals surface area contributed by atoms with Crippen LogP contribution in [0.5, 0.6) is 0 Å². The molecule has 0 N–H and O–H groups in total. The molecule has 122 valence electrons. The summed E-state index contributed by atoms with van der Waals surface area (Å²) in [6.45, 7) is 3.33. The molecule has 2 aliphatic heterocycles. The number of hydrogen-bond acceptors (Lipinski definition) is 6. The zero-order valence-electron chi connectivity index (χ0n) is 13.1. The molecule has 2 fully saturated rings. The van der Waals surface area contributed by atoms with E-state index in [-0.39, 0.29) is 12.2 Å². The molecule has 3 heterocycles. The SMILES string of the molecule is c1ccc(Cc2nnc(N3CCO[C@@H]([C@@H]4CCCO4)C3)s2)cc1. The topological polar surface area (TPSA) is 47.5 Å². The minimum Gasteiger partial charge on any atom is -0.375 e. The van der Waals surface area contributed by atoms with Crippen LogP contribution in [0.3, 0.4) is 0 Å². The summed E-state index contributed by atoms with van der Waals surface area (Å²) in [6.07, 6.45) is 3.50. The molecule has 0 radical (unpaired) electrons. The van der Waals surface area contributed by atoms with E-state index in [1.165, 1.54) is 5.56 Å². The zero-order valence-corrected chi connectivity index (χ0v) is 13.9. The standard InChI is InChI=1S/C17H21N3O2S/c1-2-5-13(6-3-1)11-16-18-19-17(23-16)20-8-10-22-15(12-20)14-7-4-9-21-14/h1-3,5-6,14-15H,4,7-12H2/t14-,15+/m0/s1. The first-order valence-corrected chi connectivity index (χ1v) is 9.04. The van der Waals surface area contributed by atoms with Gasteiger partial charge in [0.15, 0.2) is 0 Å². The third-order valence-electron chi connectivity index (χ3n) is 4.40. The predicted octanol–water partition coefficient (Wildman–Crippen LogP) is 2.51. The molecule has 0 amide bonds. The number of anilines is 1. The van der Waals surface area contributed by atoms with Gasteiger partial charge in [-0.05, 0) is 18.4 Å². The number of hydrogen-bond donors (Lipinski definition) is 0. The van der Waals surface area contributed by atoms with Gasteiger partial charge in [-0.15, -0.1) is 10.2 Å². The lowest BCUT2D eigenvalue weighted by Gasteiger charge is -2.34. The Labute approximate surface area is 140 Å². The first-order valence-electron chi connectivity index (χ1n) is 8.23. The number of ether oxygens (including phenoxy) is 2. The monoisotopic (exact) mass is 331 g/mol. The average molecular weight is 331 g/mol. The Balaban J connectivity index is 1.41. The van der Waals surface area contributed by atoms with E-state index in [1.807, 2.05) is 6.07 Å². The molecular formula is C17H21N3O2S. The van der Waals surface area contributed by atoms with Gasteiger partial charge in [-0.1, -0.05) is 41.7 Å². The first kappa shape index (κ1) is 15.1. The number of rotatable bonds is 4. The molecule has 6 heteroatoms. The zero-order chi connectivity index (χ0) is 15.5. The second-order valence-corrected chi connectivity index (χ2v) is 7.09. The Kier molecular flexibility index (Phi) is 4.55. The summed E-state index contributed by atoms with van der Waals surface area (Å²) < 4.78 is 11.7. The van der Waals surface area contributed by atoms with Gasteiger partial charge in [0.05, 0.1) is 12.7 Å². The van der Waals surface area contributed by atoms with Gasteiger partial charge in [0.1, 0.15) is 11.1 Å². The fraction of sp³-hybridized carbons (Fsp3) is 0.529. The van der Waals surface area contributed by atoms with E-state index in [9.17, 15) is 0 Å². The third-order valence-corrected chi connectivity index (χ3v) is 5.38. The van der Waals surface area contributed by atoms with Crippen LogP contribution in [0.25, 0.3) is 0 Å². The Morgan fingerprint density at radius 3 is 2.78 bits per heavy atom. The predicted molar refractivity (Wildman–Crippen MR) is 90.1 cm³/mol. The molecule has 0 spiro atoms. The van der Waals surface area contributed by atoms with Crippen molar-refractivity contribution in [1.29, 1.82) is 0 Å². The lowest BCUT2D eigenvalue weighted by molar-refractivity contribution is -0.0543. The van der Waals surface area contributed by atoms with Crippen LogP contribution in [0.1, 0.15) is 23.4 Å². The molecule has 23 heavy (non-hydrogen) atoms. The van der Waals surface area contributed by atoms with E-state index in [2.05, 4.69) is 39.4 Å². The summed E-state index contributed by atoms with van der Waals surface area (Å²) in [7, 11) is 0. The maximum atomic E-state index is 5.91. The van der Waals surface area contributed by atoms with Gasteiger partial charge in [0.25, 0.3) is 0 Å². The molecule has 2 aromatic rings. The average Bonchev–Trinajstić information content (AvgIpc) is 3.28. The highest BCUT2D eigenvalue weighted by molar-refractivity contribution is 7.15. The van der Waals surface area contributed by atoms with E-state index in [4.69, 9.17) is 9.47 Å². The Morgan fingerprint density at radius 1 is 1.09 bits per heavy atom. The van der Waals surface area contributed by atoms with E-state index in [0.717, 1.165) is 55.7 Å². The molecular weight excluding hydrogens is 310 g/mol. The third kappa shape index (κ3) is 3.54. The normalized spacial score (nSPS) is 25.0. The van der Waals surface area contributed by atoms with Gasteiger partial charge in [-0.3, -0.25) is 0 Å². The van der Waals surface area contributed by atoms with Crippen LogP contribution in [0, 0.1) is 0 Å². The summed E-state index contributed by atoms with van der Waals surface area (Å²) in [5, 5.41) is 10.8. The fourth-order valence-electron chi connectivity index (χ4n) is 3.18. The summed E-state index contributed by atoms with van der Waals surface area (Å²) in [5.41, 5.74) is 1.27. The van der Waals surface area contributed by atoms with Crippen molar-refractivity contribution in [2.24, 2.45) is 0 Å². The van der Waals surface area contributed by atoms with Gasteiger partial charge in [0, 0.05) is 26.1 Å². The number of nitrogens with zero attached hydrogens (tertiary/aromatic N) is 3. The molecule has 1 aromatic carbocycles. The van der Waals surface area contributed by atoms with E-state index >= 15 is 0 Å². The minimum atomic E-state index is 0.160. The van der Waals surface area contributed by atoms with Gasteiger partial charge >= 0.3 is 0 Å². The number of aromatic nitrogens is 2. The summed E-state index contributed by atoms with van der Waals surface area (Å²) in [6, 6.07) is 10.4. The smallest absolute Gasteiger partial charge is 0.208 e. The van der Waals surface area contributed by atoms with Crippen molar-refractivity contribution in [3.8, 4) is 0 Å². The minimum absolute atomic E-state index is 0.160.